The fraction of sp³-hybridized carbons (Fsp3) is 0.600. The van der Waals surface area contributed by atoms with Gasteiger partial charge in [0.25, 0.3) is 0 Å². The standard InChI is InChI=1S/C20H27N7O3/c1-2-17(27-5-9-28-10-6-27)23-11-14(1)18-24-19(15-12-21-3-7-29-15)26-20(25-18)16-13-22-4-8-30-16/h1-2,11,15-16,21-22H,3-10,12-13H2. The number of morpholine rings is 3. The van der Waals surface area contributed by atoms with Crippen LogP contribution < -0.4 is 15.5 Å². The number of pyridine rings is 1. The summed E-state index contributed by atoms with van der Waals surface area (Å²) < 4.78 is 17.2. The molecule has 0 radical (unpaired) electrons. The molecule has 3 aliphatic rings. The monoisotopic (exact) mass is 413 g/mol. The van der Waals surface area contributed by atoms with Crippen LogP contribution in [0.25, 0.3) is 11.4 Å². The number of nitrogens with one attached hydrogen (secondary N) is 2. The summed E-state index contributed by atoms with van der Waals surface area (Å²) in [5.74, 6) is 2.80. The lowest BCUT2D eigenvalue weighted by molar-refractivity contribution is 0.0141. The molecular weight excluding hydrogens is 386 g/mol. The largest absolute Gasteiger partial charge is 0.378 e. The van der Waals surface area contributed by atoms with Crippen LogP contribution in [-0.2, 0) is 14.2 Å². The average Bonchev–Trinajstić information content (AvgIpc) is 2.85. The summed E-state index contributed by atoms with van der Waals surface area (Å²) >= 11 is 0. The fourth-order valence-electron chi connectivity index (χ4n) is 3.79. The summed E-state index contributed by atoms with van der Waals surface area (Å²) in [6.07, 6.45) is 1.43. The molecule has 0 bridgehead atoms. The van der Waals surface area contributed by atoms with Crippen molar-refractivity contribution in [2.24, 2.45) is 0 Å². The zero-order valence-corrected chi connectivity index (χ0v) is 16.9. The molecule has 10 heteroatoms. The molecule has 0 aromatic carbocycles. The first-order valence-electron chi connectivity index (χ1n) is 10.6. The van der Waals surface area contributed by atoms with Gasteiger partial charge in [0.1, 0.15) is 18.0 Å². The van der Waals surface area contributed by atoms with E-state index in [0.717, 1.165) is 50.8 Å². The van der Waals surface area contributed by atoms with Gasteiger partial charge in [-0.1, -0.05) is 0 Å². The number of ether oxygens (including phenoxy) is 3. The van der Waals surface area contributed by atoms with E-state index >= 15 is 0 Å². The van der Waals surface area contributed by atoms with Crippen LogP contribution in [-0.4, -0.2) is 85.6 Å². The van der Waals surface area contributed by atoms with Crippen molar-refractivity contribution in [2.75, 3.05) is 70.6 Å². The van der Waals surface area contributed by atoms with E-state index in [-0.39, 0.29) is 12.2 Å². The van der Waals surface area contributed by atoms with Crippen molar-refractivity contribution in [1.82, 2.24) is 30.6 Å². The Bertz CT molecular complexity index is 797. The molecule has 2 aromatic rings. The number of hydrogen-bond acceptors (Lipinski definition) is 10. The highest BCUT2D eigenvalue weighted by molar-refractivity contribution is 5.56. The SMILES string of the molecule is c1cc(N2CCOCC2)ncc1-c1nc(C2CNCCO2)nc(C2CNCCO2)n1. The van der Waals surface area contributed by atoms with Crippen LogP contribution in [0.4, 0.5) is 5.82 Å². The zero-order chi connectivity index (χ0) is 20.2. The second kappa shape index (κ2) is 9.27. The zero-order valence-electron chi connectivity index (χ0n) is 16.9. The summed E-state index contributed by atoms with van der Waals surface area (Å²) in [6, 6.07) is 4.03. The lowest BCUT2D eigenvalue weighted by Gasteiger charge is -2.27. The molecule has 5 heterocycles. The van der Waals surface area contributed by atoms with Crippen LogP contribution in [0.1, 0.15) is 23.9 Å². The van der Waals surface area contributed by atoms with Crippen LogP contribution in [0.15, 0.2) is 18.3 Å². The van der Waals surface area contributed by atoms with Crippen molar-refractivity contribution in [2.45, 2.75) is 12.2 Å². The molecular formula is C20H27N7O3. The first-order chi connectivity index (χ1) is 14.9. The molecule has 2 N–H and O–H groups in total. The molecule has 10 nitrogen and oxygen atoms in total. The average molecular weight is 413 g/mol. The molecule has 5 rings (SSSR count). The van der Waals surface area contributed by atoms with Gasteiger partial charge in [-0.15, -0.1) is 0 Å². The Balaban J connectivity index is 1.45. The van der Waals surface area contributed by atoms with E-state index in [2.05, 4.69) is 20.5 Å². The van der Waals surface area contributed by atoms with E-state index < -0.39 is 0 Å². The molecule has 30 heavy (non-hydrogen) atoms. The van der Waals surface area contributed by atoms with Gasteiger partial charge in [-0.3, -0.25) is 0 Å². The maximum atomic E-state index is 5.89. The molecule has 3 fully saturated rings. The number of aromatic nitrogens is 4. The molecule has 0 aliphatic carbocycles. The van der Waals surface area contributed by atoms with Gasteiger partial charge in [0.2, 0.25) is 0 Å². The second-order valence-corrected chi connectivity index (χ2v) is 7.51. The highest BCUT2D eigenvalue weighted by atomic mass is 16.5. The third-order valence-electron chi connectivity index (χ3n) is 5.44. The third kappa shape index (κ3) is 4.42. The van der Waals surface area contributed by atoms with Crippen molar-refractivity contribution in [3.63, 3.8) is 0 Å². The Morgan fingerprint density at radius 3 is 2.03 bits per heavy atom. The molecule has 3 aliphatic heterocycles. The predicted octanol–water partition coefficient (Wildman–Crippen LogP) is 0.0920. The van der Waals surface area contributed by atoms with Gasteiger partial charge in [-0.25, -0.2) is 19.9 Å². The maximum absolute atomic E-state index is 5.89. The van der Waals surface area contributed by atoms with Gasteiger partial charge in [0.05, 0.1) is 26.4 Å². The van der Waals surface area contributed by atoms with E-state index in [1.54, 1.807) is 0 Å². The minimum atomic E-state index is -0.198. The van der Waals surface area contributed by atoms with Gasteiger partial charge in [-0.05, 0) is 12.1 Å². The molecule has 2 atom stereocenters. The van der Waals surface area contributed by atoms with Crippen molar-refractivity contribution in [1.29, 1.82) is 0 Å². The molecule has 2 unspecified atom stereocenters. The second-order valence-electron chi connectivity index (χ2n) is 7.51. The molecule has 0 saturated carbocycles. The summed E-state index contributed by atoms with van der Waals surface area (Å²) in [5.41, 5.74) is 0.851. The summed E-state index contributed by atoms with van der Waals surface area (Å²) in [6.45, 7) is 7.48. The fourth-order valence-corrected chi connectivity index (χ4v) is 3.79. The lowest BCUT2D eigenvalue weighted by Crippen LogP contribution is -2.36. The van der Waals surface area contributed by atoms with Gasteiger partial charge < -0.3 is 29.7 Å². The minimum absolute atomic E-state index is 0.198. The molecule has 2 aromatic heterocycles. The van der Waals surface area contributed by atoms with Gasteiger partial charge in [0.15, 0.2) is 17.5 Å². The van der Waals surface area contributed by atoms with E-state index in [9.17, 15) is 0 Å². The Morgan fingerprint density at radius 1 is 0.833 bits per heavy atom. The molecule has 0 spiro atoms. The smallest absolute Gasteiger partial charge is 0.165 e. The van der Waals surface area contributed by atoms with Crippen molar-refractivity contribution >= 4 is 5.82 Å². The van der Waals surface area contributed by atoms with Crippen molar-refractivity contribution in [3.05, 3.63) is 30.0 Å². The molecule has 0 amide bonds. The van der Waals surface area contributed by atoms with Gasteiger partial charge in [-0.2, -0.15) is 0 Å². The summed E-state index contributed by atoms with van der Waals surface area (Å²) in [4.78, 5) is 21.0. The Morgan fingerprint density at radius 2 is 1.50 bits per heavy atom. The van der Waals surface area contributed by atoms with Crippen LogP contribution in [0, 0.1) is 0 Å². The number of nitrogens with zero attached hydrogens (tertiary/aromatic N) is 5. The maximum Gasteiger partial charge on any atom is 0.165 e. The lowest BCUT2D eigenvalue weighted by atomic mass is 10.2. The number of rotatable bonds is 4. The van der Waals surface area contributed by atoms with Gasteiger partial charge >= 0.3 is 0 Å². The highest BCUT2D eigenvalue weighted by Crippen LogP contribution is 2.24. The van der Waals surface area contributed by atoms with Crippen LogP contribution >= 0.6 is 0 Å². The van der Waals surface area contributed by atoms with E-state index in [1.165, 1.54) is 0 Å². The Labute approximate surface area is 175 Å². The van der Waals surface area contributed by atoms with E-state index in [4.69, 9.17) is 29.2 Å². The number of anilines is 1. The number of hydrogen-bond donors (Lipinski definition) is 2. The quantitative estimate of drug-likeness (QED) is 0.716. The summed E-state index contributed by atoms with van der Waals surface area (Å²) in [7, 11) is 0. The normalized spacial score (nSPS) is 25.3. The van der Waals surface area contributed by atoms with Crippen molar-refractivity contribution in [3.8, 4) is 11.4 Å². The highest BCUT2D eigenvalue weighted by Gasteiger charge is 2.25. The molecule has 160 valence electrons. The molecule has 3 saturated heterocycles. The van der Waals surface area contributed by atoms with Crippen LogP contribution in [0.5, 0.6) is 0 Å². The predicted molar refractivity (Wildman–Crippen MR) is 109 cm³/mol. The van der Waals surface area contributed by atoms with Crippen LogP contribution in [0.2, 0.25) is 0 Å². The Hall–Kier alpha value is -2.24. The van der Waals surface area contributed by atoms with Gasteiger partial charge in [0, 0.05) is 51.0 Å². The first-order valence-corrected chi connectivity index (χ1v) is 10.6. The Kier molecular flexibility index (Phi) is 6.09. The topological polar surface area (TPSA) is 107 Å². The van der Waals surface area contributed by atoms with E-state index in [0.29, 0.717) is 43.8 Å². The summed E-state index contributed by atoms with van der Waals surface area (Å²) in [5, 5.41) is 6.68. The first kappa shape index (κ1) is 19.7. The minimum Gasteiger partial charge on any atom is -0.378 e. The van der Waals surface area contributed by atoms with Crippen molar-refractivity contribution < 1.29 is 14.2 Å². The third-order valence-corrected chi connectivity index (χ3v) is 5.44. The van der Waals surface area contributed by atoms with E-state index in [1.807, 2.05) is 18.3 Å². The van der Waals surface area contributed by atoms with Crippen LogP contribution in [0.3, 0.4) is 0 Å².